The van der Waals surface area contributed by atoms with Gasteiger partial charge >= 0.3 is 12.1 Å². The summed E-state index contributed by atoms with van der Waals surface area (Å²) in [4.78, 5) is 24.7. The molecule has 0 fully saturated rings. The summed E-state index contributed by atoms with van der Waals surface area (Å²) < 4.78 is 20.8. The average molecular weight is 476 g/mol. The number of hydrogen-bond donors (Lipinski definition) is 1. The number of amides is 1. The number of aryl methyl sites for hydroxylation is 1. The highest BCUT2D eigenvalue weighted by Crippen LogP contribution is 2.44. The molecule has 182 valence electrons. The largest absolute Gasteiger partial charge is 0.467 e. The van der Waals surface area contributed by atoms with Crippen molar-refractivity contribution < 1.29 is 28.5 Å². The first kappa shape index (κ1) is 24.4. The Bertz CT molecular complexity index is 1130. The molecule has 0 bridgehead atoms. The van der Waals surface area contributed by atoms with Crippen molar-refractivity contribution in [3.63, 3.8) is 0 Å². The number of ether oxygens (including phenoxy) is 4. The van der Waals surface area contributed by atoms with Gasteiger partial charge in [0.05, 0.1) is 7.11 Å². The summed E-state index contributed by atoms with van der Waals surface area (Å²) in [7, 11) is 2.81. The lowest BCUT2D eigenvalue weighted by Gasteiger charge is -2.17. The maximum atomic E-state index is 12.7. The van der Waals surface area contributed by atoms with E-state index in [1.54, 1.807) is 6.07 Å². The Balaban J connectivity index is 1.39. The molecule has 1 aliphatic rings. The third kappa shape index (κ3) is 5.70. The molecule has 0 aliphatic heterocycles. The number of fused-ring (bicyclic) bond motifs is 3. The van der Waals surface area contributed by atoms with Gasteiger partial charge in [0.15, 0.2) is 6.10 Å². The first-order valence-electron chi connectivity index (χ1n) is 11.5. The molecule has 0 unspecified atom stereocenters. The molecular formula is C28H29NO6. The number of anilines is 1. The number of esters is 1. The molecule has 3 aromatic carbocycles. The maximum absolute atomic E-state index is 12.7. The van der Waals surface area contributed by atoms with Crippen molar-refractivity contribution >= 4 is 17.7 Å². The summed E-state index contributed by atoms with van der Waals surface area (Å²) in [6, 6.07) is 23.8. The summed E-state index contributed by atoms with van der Waals surface area (Å²) in [6.07, 6.45) is -0.426. The SMILES string of the molecule is COCO[C@H](CCc1ccccc1NC(=O)OCC1c2ccccc2-c2ccccc21)C(=O)OC. The average Bonchev–Trinajstić information content (AvgIpc) is 3.21. The van der Waals surface area contributed by atoms with Crippen molar-refractivity contribution in [1.82, 2.24) is 0 Å². The fourth-order valence-electron chi connectivity index (χ4n) is 4.44. The van der Waals surface area contributed by atoms with E-state index in [1.165, 1.54) is 25.3 Å². The van der Waals surface area contributed by atoms with Crippen molar-refractivity contribution in [3.05, 3.63) is 89.5 Å². The molecule has 0 saturated heterocycles. The zero-order chi connectivity index (χ0) is 24.6. The number of rotatable bonds is 10. The molecule has 3 aromatic rings. The normalized spacial score (nSPS) is 13.0. The highest BCUT2D eigenvalue weighted by molar-refractivity contribution is 5.86. The van der Waals surface area contributed by atoms with E-state index in [2.05, 4.69) is 29.6 Å². The molecule has 1 N–H and O–H groups in total. The van der Waals surface area contributed by atoms with Gasteiger partial charge < -0.3 is 18.9 Å². The fourth-order valence-corrected chi connectivity index (χ4v) is 4.44. The highest BCUT2D eigenvalue weighted by atomic mass is 16.7. The minimum atomic E-state index is -0.762. The van der Waals surface area contributed by atoms with Crippen LogP contribution in [-0.2, 0) is 30.2 Å². The van der Waals surface area contributed by atoms with Gasteiger partial charge in [0.1, 0.15) is 13.4 Å². The van der Waals surface area contributed by atoms with Crippen LogP contribution in [-0.4, -0.2) is 45.8 Å². The van der Waals surface area contributed by atoms with Gasteiger partial charge in [0, 0.05) is 18.7 Å². The van der Waals surface area contributed by atoms with Crippen molar-refractivity contribution in [2.75, 3.05) is 32.9 Å². The third-order valence-corrected chi connectivity index (χ3v) is 6.12. The Hall–Kier alpha value is -3.68. The van der Waals surface area contributed by atoms with E-state index < -0.39 is 18.2 Å². The molecule has 4 rings (SSSR count). The van der Waals surface area contributed by atoms with E-state index in [0.717, 1.165) is 16.7 Å². The first-order valence-corrected chi connectivity index (χ1v) is 11.5. The number of carbonyl (C=O) groups is 2. The molecule has 0 aromatic heterocycles. The van der Waals surface area contributed by atoms with E-state index in [4.69, 9.17) is 18.9 Å². The molecule has 0 saturated carbocycles. The van der Waals surface area contributed by atoms with E-state index in [9.17, 15) is 9.59 Å². The predicted molar refractivity (Wildman–Crippen MR) is 132 cm³/mol. The molecule has 1 atom stereocenters. The van der Waals surface area contributed by atoms with Gasteiger partial charge in [-0.3, -0.25) is 5.32 Å². The van der Waals surface area contributed by atoms with Crippen molar-refractivity contribution in [1.29, 1.82) is 0 Å². The van der Waals surface area contributed by atoms with Crippen LogP contribution in [0.25, 0.3) is 11.1 Å². The van der Waals surface area contributed by atoms with E-state index >= 15 is 0 Å². The van der Waals surface area contributed by atoms with Crippen LogP contribution < -0.4 is 5.32 Å². The molecule has 35 heavy (non-hydrogen) atoms. The van der Waals surface area contributed by atoms with E-state index in [-0.39, 0.29) is 19.3 Å². The molecule has 7 heteroatoms. The summed E-state index contributed by atoms with van der Waals surface area (Å²) in [6.45, 7) is 0.219. The molecule has 1 aliphatic carbocycles. The second-order valence-corrected chi connectivity index (χ2v) is 8.23. The number of methoxy groups -OCH3 is 2. The van der Waals surface area contributed by atoms with Crippen LogP contribution in [0.5, 0.6) is 0 Å². The lowest BCUT2D eigenvalue weighted by molar-refractivity contribution is -0.162. The Kier molecular flexibility index (Phi) is 8.13. The van der Waals surface area contributed by atoms with Crippen LogP contribution in [0.1, 0.15) is 29.0 Å². The number of carbonyl (C=O) groups excluding carboxylic acids is 2. The number of hydrogen-bond acceptors (Lipinski definition) is 6. The van der Waals surface area contributed by atoms with Gasteiger partial charge in [-0.25, -0.2) is 9.59 Å². The van der Waals surface area contributed by atoms with Crippen LogP contribution in [0.4, 0.5) is 10.5 Å². The van der Waals surface area contributed by atoms with Crippen molar-refractivity contribution in [2.24, 2.45) is 0 Å². The lowest BCUT2D eigenvalue weighted by Crippen LogP contribution is -2.27. The summed E-state index contributed by atoms with van der Waals surface area (Å²) in [5.74, 6) is -0.480. The molecule has 7 nitrogen and oxygen atoms in total. The van der Waals surface area contributed by atoms with Gasteiger partial charge in [0.25, 0.3) is 0 Å². The van der Waals surface area contributed by atoms with Gasteiger partial charge in [-0.1, -0.05) is 66.7 Å². The van der Waals surface area contributed by atoms with Crippen LogP contribution in [0, 0.1) is 0 Å². The summed E-state index contributed by atoms with van der Waals surface area (Å²) in [5, 5.41) is 2.85. The summed E-state index contributed by atoms with van der Waals surface area (Å²) >= 11 is 0. The Morgan fingerprint density at radius 2 is 1.51 bits per heavy atom. The number of para-hydroxylation sites is 1. The monoisotopic (exact) mass is 475 g/mol. The summed E-state index contributed by atoms with van der Waals surface area (Å²) in [5.41, 5.74) is 6.16. The van der Waals surface area contributed by atoms with Crippen molar-refractivity contribution in [2.45, 2.75) is 24.9 Å². The molecule has 0 spiro atoms. The van der Waals surface area contributed by atoms with E-state index in [0.29, 0.717) is 18.5 Å². The van der Waals surface area contributed by atoms with Crippen LogP contribution >= 0.6 is 0 Å². The van der Waals surface area contributed by atoms with Crippen molar-refractivity contribution in [3.8, 4) is 11.1 Å². The smallest absolute Gasteiger partial charge is 0.411 e. The van der Waals surface area contributed by atoms with Gasteiger partial charge in [0.2, 0.25) is 0 Å². The second kappa shape index (κ2) is 11.6. The number of benzene rings is 3. The van der Waals surface area contributed by atoms with E-state index in [1.807, 2.05) is 42.5 Å². The Morgan fingerprint density at radius 3 is 2.17 bits per heavy atom. The Morgan fingerprint density at radius 1 is 0.886 bits per heavy atom. The van der Waals surface area contributed by atoms with Crippen LogP contribution in [0.2, 0.25) is 0 Å². The zero-order valence-corrected chi connectivity index (χ0v) is 19.9. The van der Waals surface area contributed by atoms with Crippen LogP contribution in [0.3, 0.4) is 0 Å². The minimum absolute atomic E-state index is 0.0119. The predicted octanol–water partition coefficient (Wildman–Crippen LogP) is 5.14. The lowest BCUT2D eigenvalue weighted by atomic mass is 9.98. The topological polar surface area (TPSA) is 83.1 Å². The molecule has 1 amide bonds. The number of nitrogens with one attached hydrogen (secondary N) is 1. The Labute approximate surface area is 205 Å². The quantitative estimate of drug-likeness (QED) is 0.323. The standard InChI is InChI=1S/C28H29NO6/c1-32-18-35-26(27(30)33-2)16-15-19-9-3-8-14-25(19)29-28(31)34-17-24-22-12-6-4-10-20(22)21-11-5-7-13-23(21)24/h3-14,24,26H,15-18H2,1-2H3,(H,29,31)/t26-/m1/s1. The zero-order valence-electron chi connectivity index (χ0n) is 19.9. The molecular weight excluding hydrogens is 446 g/mol. The third-order valence-electron chi connectivity index (χ3n) is 6.12. The minimum Gasteiger partial charge on any atom is -0.467 e. The molecule has 0 heterocycles. The second-order valence-electron chi connectivity index (χ2n) is 8.23. The van der Waals surface area contributed by atoms with Gasteiger partial charge in [-0.2, -0.15) is 0 Å². The van der Waals surface area contributed by atoms with Gasteiger partial charge in [-0.05, 0) is 46.7 Å². The first-order chi connectivity index (χ1) is 17.1. The fraction of sp³-hybridized carbons (Fsp3) is 0.286. The molecule has 0 radical (unpaired) electrons. The highest BCUT2D eigenvalue weighted by Gasteiger charge is 2.29. The van der Waals surface area contributed by atoms with Gasteiger partial charge in [-0.15, -0.1) is 0 Å². The van der Waals surface area contributed by atoms with Crippen LogP contribution in [0.15, 0.2) is 72.8 Å². The maximum Gasteiger partial charge on any atom is 0.411 e.